The zero-order chi connectivity index (χ0) is 12.3. The molecule has 0 bridgehead atoms. The Bertz CT molecular complexity index is 389. The monoisotopic (exact) mass is 237 g/mol. The van der Waals surface area contributed by atoms with Crippen molar-refractivity contribution < 1.29 is 9.90 Å². The molecule has 0 saturated carbocycles. The van der Waals surface area contributed by atoms with Crippen LogP contribution in [0.15, 0.2) is 6.07 Å². The van der Waals surface area contributed by atoms with Gasteiger partial charge in [-0.15, -0.1) is 0 Å². The molecule has 1 atom stereocenters. The molecule has 1 aliphatic rings. The summed E-state index contributed by atoms with van der Waals surface area (Å²) in [6.07, 6.45) is 3.77. The first kappa shape index (κ1) is 12.1. The van der Waals surface area contributed by atoms with Crippen LogP contribution in [0.5, 0.6) is 0 Å². The molecule has 5 nitrogen and oxygen atoms in total. The molecule has 1 fully saturated rings. The van der Waals surface area contributed by atoms with Gasteiger partial charge in [0, 0.05) is 32.2 Å². The molecule has 1 aliphatic heterocycles. The molecule has 1 aromatic rings. The number of H-pyrrole nitrogens is 1. The lowest BCUT2D eigenvalue weighted by molar-refractivity contribution is -0.132. The largest absolute Gasteiger partial charge is 0.396 e. The van der Waals surface area contributed by atoms with Gasteiger partial charge in [-0.2, -0.15) is 5.10 Å². The highest BCUT2D eigenvalue weighted by Crippen LogP contribution is 2.29. The van der Waals surface area contributed by atoms with Crippen molar-refractivity contribution in [3.63, 3.8) is 0 Å². The molecule has 0 aliphatic carbocycles. The third kappa shape index (κ3) is 2.66. The van der Waals surface area contributed by atoms with Crippen molar-refractivity contribution in [3.8, 4) is 0 Å². The lowest BCUT2D eigenvalue weighted by Crippen LogP contribution is -2.37. The van der Waals surface area contributed by atoms with Gasteiger partial charge in [0.2, 0.25) is 5.91 Å². The number of rotatable bonds is 3. The van der Waals surface area contributed by atoms with E-state index in [1.54, 1.807) is 6.92 Å². The Hall–Kier alpha value is -1.36. The zero-order valence-electron chi connectivity index (χ0n) is 10.1. The molecule has 1 amide bonds. The second kappa shape index (κ2) is 5.31. The second-order valence-electron chi connectivity index (χ2n) is 4.52. The van der Waals surface area contributed by atoms with Crippen LogP contribution < -0.4 is 0 Å². The summed E-state index contributed by atoms with van der Waals surface area (Å²) in [5.74, 6) is 0.112. The number of nitrogens with zero attached hydrogens (tertiary/aromatic N) is 2. The van der Waals surface area contributed by atoms with E-state index in [4.69, 9.17) is 5.11 Å². The SMILES string of the molecule is CC(=O)N1CCCC[C@H]1c1cc(CCO)[nH]n1. The van der Waals surface area contributed by atoms with Crippen molar-refractivity contribution in [2.24, 2.45) is 0 Å². The molecule has 0 radical (unpaired) electrons. The summed E-state index contributed by atoms with van der Waals surface area (Å²) in [6.45, 7) is 2.55. The first-order valence-corrected chi connectivity index (χ1v) is 6.14. The molecule has 0 spiro atoms. The summed E-state index contributed by atoms with van der Waals surface area (Å²) >= 11 is 0. The summed E-state index contributed by atoms with van der Waals surface area (Å²) in [5, 5.41) is 16.0. The first-order chi connectivity index (χ1) is 8.22. The minimum Gasteiger partial charge on any atom is -0.396 e. The summed E-state index contributed by atoms with van der Waals surface area (Å²) < 4.78 is 0. The topological polar surface area (TPSA) is 69.2 Å². The van der Waals surface area contributed by atoms with Gasteiger partial charge in [0.05, 0.1) is 11.7 Å². The van der Waals surface area contributed by atoms with E-state index in [0.29, 0.717) is 6.42 Å². The summed E-state index contributed by atoms with van der Waals surface area (Å²) in [6, 6.07) is 2.06. The maximum absolute atomic E-state index is 11.6. The highest BCUT2D eigenvalue weighted by molar-refractivity contribution is 5.73. The number of piperidine rings is 1. The van der Waals surface area contributed by atoms with Crippen molar-refractivity contribution in [1.82, 2.24) is 15.1 Å². The average molecular weight is 237 g/mol. The van der Waals surface area contributed by atoms with Crippen molar-refractivity contribution in [2.45, 2.75) is 38.6 Å². The summed E-state index contributed by atoms with van der Waals surface area (Å²) in [7, 11) is 0. The van der Waals surface area contributed by atoms with Crippen LogP contribution in [0.4, 0.5) is 0 Å². The van der Waals surface area contributed by atoms with Gasteiger partial charge in [0.15, 0.2) is 0 Å². The maximum Gasteiger partial charge on any atom is 0.220 e. The van der Waals surface area contributed by atoms with Gasteiger partial charge in [-0.1, -0.05) is 0 Å². The molecule has 1 aromatic heterocycles. The normalized spacial score (nSPS) is 20.6. The number of likely N-dealkylation sites (tertiary alicyclic amines) is 1. The number of carbonyl (C=O) groups excluding carboxylic acids is 1. The molecular formula is C12H19N3O2. The van der Waals surface area contributed by atoms with Crippen LogP contribution in [0, 0.1) is 0 Å². The Labute approximate surface area is 101 Å². The second-order valence-corrected chi connectivity index (χ2v) is 4.52. The first-order valence-electron chi connectivity index (χ1n) is 6.14. The van der Waals surface area contributed by atoms with E-state index in [-0.39, 0.29) is 18.6 Å². The Balaban J connectivity index is 2.14. The molecule has 0 unspecified atom stereocenters. The number of aliphatic hydroxyl groups excluding tert-OH is 1. The minimum atomic E-state index is 0.102. The van der Waals surface area contributed by atoms with Crippen molar-refractivity contribution in [1.29, 1.82) is 0 Å². The fourth-order valence-corrected chi connectivity index (χ4v) is 2.41. The number of hydrogen-bond acceptors (Lipinski definition) is 3. The summed E-state index contributed by atoms with van der Waals surface area (Å²) in [4.78, 5) is 13.5. The zero-order valence-corrected chi connectivity index (χ0v) is 10.1. The van der Waals surface area contributed by atoms with Crippen molar-refractivity contribution in [2.75, 3.05) is 13.2 Å². The fraction of sp³-hybridized carbons (Fsp3) is 0.667. The van der Waals surface area contributed by atoms with Gasteiger partial charge < -0.3 is 10.0 Å². The van der Waals surface area contributed by atoms with Gasteiger partial charge >= 0.3 is 0 Å². The standard InChI is InChI=1S/C12H19N3O2/c1-9(17)15-6-3-2-4-12(15)11-8-10(5-7-16)13-14-11/h8,12,16H,2-7H2,1H3,(H,13,14)/t12-/m0/s1. The quantitative estimate of drug-likeness (QED) is 0.824. The smallest absolute Gasteiger partial charge is 0.220 e. The average Bonchev–Trinajstić information content (AvgIpc) is 2.78. The maximum atomic E-state index is 11.6. The number of amides is 1. The molecule has 2 heterocycles. The fourth-order valence-electron chi connectivity index (χ4n) is 2.41. The van der Waals surface area contributed by atoms with Gasteiger partial charge in [-0.05, 0) is 25.3 Å². The summed E-state index contributed by atoms with van der Waals surface area (Å²) in [5.41, 5.74) is 1.85. The van der Waals surface area contributed by atoms with Crippen LogP contribution in [-0.4, -0.2) is 39.3 Å². The van der Waals surface area contributed by atoms with E-state index < -0.39 is 0 Å². The molecule has 94 valence electrons. The molecular weight excluding hydrogens is 218 g/mol. The molecule has 0 aromatic carbocycles. The van der Waals surface area contributed by atoms with Crippen LogP contribution in [0.25, 0.3) is 0 Å². The Morgan fingerprint density at radius 1 is 1.65 bits per heavy atom. The van der Waals surface area contributed by atoms with Crippen molar-refractivity contribution in [3.05, 3.63) is 17.5 Å². The van der Waals surface area contributed by atoms with Gasteiger partial charge in [0.25, 0.3) is 0 Å². The molecule has 5 heteroatoms. The van der Waals surface area contributed by atoms with Gasteiger partial charge in [0.1, 0.15) is 0 Å². The Kier molecular flexibility index (Phi) is 3.78. The van der Waals surface area contributed by atoms with Gasteiger partial charge in [-0.25, -0.2) is 0 Å². The van der Waals surface area contributed by atoms with E-state index in [9.17, 15) is 4.79 Å². The van der Waals surface area contributed by atoms with Crippen LogP contribution >= 0.6 is 0 Å². The van der Waals surface area contributed by atoms with Crippen LogP contribution in [0.3, 0.4) is 0 Å². The number of aliphatic hydroxyl groups is 1. The van der Waals surface area contributed by atoms with Crippen LogP contribution in [0.2, 0.25) is 0 Å². The van der Waals surface area contributed by atoms with Crippen LogP contribution in [0.1, 0.15) is 43.6 Å². The lowest BCUT2D eigenvalue weighted by atomic mass is 9.99. The third-order valence-electron chi connectivity index (χ3n) is 3.28. The third-order valence-corrected chi connectivity index (χ3v) is 3.28. The highest BCUT2D eigenvalue weighted by atomic mass is 16.3. The van der Waals surface area contributed by atoms with Crippen LogP contribution in [-0.2, 0) is 11.2 Å². The number of aromatic nitrogens is 2. The highest BCUT2D eigenvalue weighted by Gasteiger charge is 2.27. The van der Waals surface area contributed by atoms with E-state index in [1.165, 1.54) is 0 Å². The van der Waals surface area contributed by atoms with Gasteiger partial charge in [-0.3, -0.25) is 9.89 Å². The lowest BCUT2D eigenvalue weighted by Gasteiger charge is -2.33. The minimum absolute atomic E-state index is 0.102. The molecule has 2 rings (SSSR count). The number of hydrogen-bond donors (Lipinski definition) is 2. The number of nitrogens with one attached hydrogen (secondary N) is 1. The molecule has 17 heavy (non-hydrogen) atoms. The number of aromatic amines is 1. The van der Waals surface area contributed by atoms with E-state index >= 15 is 0 Å². The van der Waals surface area contributed by atoms with E-state index in [1.807, 2.05) is 11.0 Å². The Morgan fingerprint density at radius 3 is 3.18 bits per heavy atom. The predicted molar refractivity (Wildman–Crippen MR) is 63.4 cm³/mol. The van der Waals surface area contributed by atoms with Crippen molar-refractivity contribution >= 4 is 5.91 Å². The molecule has 2 N–H and O–H groups in total. The number of carbonyl (C=O) groups is 1. The van der Waals surface area contributed by atoms with E-state index in [2.05, 4.69) is 10.2 Å². The molecule has 1 saturated heterocycles. The predicted octanol–water partition coefficient (Wildman–Crippen LogP) is 1.02. The Morgan fingerprint density at radius 2 is 2.47 bits per heavy atom. The van der Waals surface area contributed by atoms with E-state index in [0.717, 1.165) is 37.2 Å².